The number of hydrogen-bond donors (Lipinski definition) is 2. The van der Waals surface area contributed by atoms with Gasteiger partial charge in [-0.15, -0.1) is 0 Å². The van der Waals surface area contributed by atoms with E-state index < -0.39 is 23.8 Å². The van der Waals surface area contributed by atoms with Gasteiger partial charge in [0.05, 0.1) is 18.7 Å². The van der Waals surface area contributed by atoms with Crippen molar-refractivity contribution in [3.63, 3.8) is 0 Å². The Hall–Kier alpha value is -2.61. The van der Waals surface area contributed by atoms with Crippen LogP contribution in [0.25, 0.3) is 0 Å². The molecule has 2 amide bonds. The first-order chi connectivity index (χ1) is 12.4. The molecule has 0 radical (unpaired) electrons. The highest BCUT2D eigenvalue weighted by atomic mass is 16.5. The van der Waals surface area contributed by atoms with E-state index in [1.807, 2.05) is 19.1 Å². The molecule has 142 valence electrons. The Bertz CT molecular complexity index is 690. The van der Waals surface area contributed by atoms with Crippen LogP contribution in [-0.4, -0.2) is 56.3 Å². The number of nitrogens with zero attached hydrogens (tertiary/aromatic N) is 1. The van der Waals surface area contributed by atoms with E-state index in [9.17, 15) is 19.5 Å². The number of carboxylic acid groups (broad SMARTS) is 1. The van der Waals surface area contributed by atoms with E-state index in [0.717, 1.165) is 5.56 Å². The normalized spacial score (nSPS) is 17.9. The molecule has 8 nitrogen and oxygen atoms in total. The van der Waals surface area contributed by atoms with Gasteiger partial charge in [0, 0.05) is 33.1 Å². The molecule has 8 heteroatoms. The first-order valence-corrected chi connectivity index (χ1v) is 8.34. The van der Waals surface area contributed by atoms with Crippen molar-refractivity contribution in [1.29, 1.82) is 0 Å². The van der Waals surface area contributed by atoms with Crippen molar-refractivity contribution in [1.82, 2.24) is 5.32 Å². The molecule has 1 aromatic rings. The summed E-state index contributed by atoms with van der Waals surface area (Å²) in [4.78, 5) is 37.6. The highest BCUT2D eigenvalue weighted by Crippen LogP contribution is 2.33. The van der Waals surface area contributed by atoms with Gasteiger partial charge in [0.1, 0.15) is 11.8 Å². The topological polar surface area (TPSA) is 105 Å². The molecule has 1 fully saturated rings. The minimum Gasteiger partial charge on any atom is -0.495 e. The van der Waals surface area contributed by atoms with Crippen LogP contribution in [0.5, 0.6) is 5.75 Å². The predicted molar refractivity (Wildman–Crippen MR) is 94.3 cm³/mol. The number of carbonyl (C=O) groups excluding carboxylic acids is 2. The Morgan fingerprint density at radius 2 is 2.12 bits per heavy atom. The third-order valence-corrected chi connectivity index (χ3v) is 4.35. The van der Waals surface area contributed by atoms with E-state index in [-0.39, 0.29) is 31.9 Å². The molecule has 2 N–H and O–H groups in total. The maximum atomic E-state index is 12.4. The number of anilines is 1. The summed E-state index contributed by atoms with van der Waals surface area (Å²) in [5.74, 6) is -1.84. The second-order valence-electron chi connectivity index (χ2n) is 6.26. The number of benzene rings is 1. The number of amides is 2. The maximum absolute atomic E-state index is 12.4. The third-order valence-electron chi connectivity index (χ3n) is 4.35. The maximum Gasteiger partial charge on any atom is 0.326 e. The van der Waals surface area contributed by atoms with Gasteiger partial charge in [-0.3, -0.25) is 9.59 Å². The Kier molecular flexibility index (Phi) is 6.57. The van der Waals surface area contributed by atoms with Crippen LogP contribution in [0, 0.1) is 12.8 Å². The number of rotatable bonds is 8. The molecule has 1 aliphatic rings. The van der Waals surface area contributed by atoms with Gasteiger partial charge < -0.3 is 24.8 Å². The van der Waals surface area contributed by atoms with Crippen molar-refractivity contribution in [3.05, 3.63) is 23.8 Å². The summed E-state index contributed by atoms with van der Waals surface area (Å²) in [6, 6.07) is 4.44. The van der Waals surface area contributed by atoms with Gasteiger partial charge in [0.2, 0.25) is 11.8 Å². The average Bonchev–Trinajstić information content (AvgIpc) is 2.99. The lowest BCUT2D eigenvalue weighted by molar-refractivity contribution is -0.142. The second kappa shape index (κ2) is 8.66. The molecule has 1 saturated heterocycles. The van der Waals surface area contributed by atoms with Crippen molar-refractivity contribution in [2.24, 2.45) is 5.92 Å². The lowest BCUT2D eigenvalue weighted by Gasteiger charge is -2.21. The van der Waals surface area contributed by atoms with Crippen LogP contribution in [0.1, 0.15) is 18.4 Å². The van der Waals surface area contributed by atoms with E-state index in [1.54, 1.807) is 6.07 Å². The summed E-state index contributed by atoms with van der Waals surface area (Å²) in [6.07, 6.45) is 0.188. The van der Waals surface area contributed by atoms with Crippen LogP contribution >= 0.6 is 0 Å². The average molecular weight is 364 g/mol. The van der Waals surface area contributed by atoms with E-state index in [4.69, 9.17) is 9.47 Å². The second-order valence-corrected chi connectivity index (χ2v) is 6.26. The zero-order valence-electron chi connectivity index (χ0n) is 15.2. The number of ether oxygens (including phenoxy) is 2. The van der Waals surface area contributed by atoms with Crippen LogP contribution in [0.2, 0.25) is 0 Å². The van der Waals surface area contributed by atoms with Crippen LogP contribution in [0.4, 0.5) is 5.69 Å². The quantitative estimate of drug-likeness (QED) is 0.712. The lowest BCUT2D eigenvalue weighted by Crippen LogP contribution is -2.44. The molecule has 0 saturated carbocycles. The first kappa shape index (κ1) is 19.7. The Labute approximate surface area is 152 Å². The number of nitrogens with one attached hydrogen (secondary N) is 1. The summed E-state index contributed by atoms with van der Waals surface area (Å²) >= 11 is 0. The summed E-state index contributed by atoms with van der Waals surface area (Å²) in [5.41, 5.74) is 1.58. The molecule has 0 aromatic heterocycles. The van der Waals surface area contributed by atoms with Crippen molar-refractivity contribution in [2.45, 2.75) is 25.8 Å². The first-order valence-electron chi connectivity index (χ1n) is 8.34. The van der Waals surface area contributed by atoms with E-state index >= 15 is 0 Å². The number of carbonyl (C=O) groups is 3. The number of carboxylic acids is 1. The summed E-state index contributed by atoms with van der Waals surface area (Å²) in [7, 11) is 2.98. The van der Waals surface area contributed by atoms with Gasteiger partial charge in [0.15, 0.2) is 0 Å². The number of aryl methyl sites for hydroxylation is 1. The lowest BCUT2D eigenvalue weighted by atomic mass is 10.1. The van der Waals surface area contributed by atoms with Crippen LogP contribution in [0.3, 0.4) is 0 Å². The standard InChI is InChI=1S/C18H24N2O6/c1-11-4-5-15(26-3)14(8-11)20-10-12(9-16(20)21)17(22)19-13(18(23)24)6-7-25-2/h4-5,8,12-13H,6-7,9-10H2,1-3H3,(H,19,22)(H,23,24). The Morgan fingerprint density at radius 1 is 1.38 bits per heavy atom. The van der Waals surface area contributed by atoms with Gasteiger partial charge >= 0.3 is 5.97 Å². The van der Waals surface area contributed by atoms with Gasteiger partial charge in [-0.2, -0.15) is 0 Å². The van der Waals surface area contributed by atoms with E-state index in [0.29, 0.717) is 11.4 Å². The highest BCUT2D eigenvalue weighted by molar-refractivity contribution is 6.01. The fraction of sp³-hybridized carbons (Fsp3) is 0.500. The summed E-state index contributed by atoms with van der Waals surface area (Å²) in [5, 5.41) is 11.7. The fourth-order valence-electron chi connectivity index (χ4n) is 2.91. The smallest absolute Gasteiger partial charge is 0.326 e. The zero-order chi connectivity index (χ0) is 19.3. The van der Waals surface area contributed by atoms with Crippen molar-refractivity contribution >= 4 is 23.5 Å². The summed E-state index contributed by atoms with van der Waals surface area (Å²) < 4.78 is 10.2. The van der Waals surface area contributed by atoms with Crippen molar-refractivity contribution in [2.75, 3.05) is 32.3 Å². The fourth-order valence-corrected chi connectivity index (χ4v) is 2.91. The third kappa shape index (κ3) is 4.51. The van der Waals surface area contributed by atoms with Gasteiger partial charge in [-0.05, 0) is 24.6 Å². The van der Waals surface area contributed by atoms with E-state index in [2.05, 4.69) is 5.32 Å². The van der Waals surface area contributed by atoms with Crippen LogP contribution in [-0.2, 0) is 19.1 Å². The molecule has 2 unspecified atom stereocenters. The van der Waals surface area contributed by atoms with Gasteiger partial charge in [-0.25, -0.2) is 4.79 Å². The highest BCUT2D eigenvalue weighted by Gasteiger charge is 2.37. The van der Waals surface area contributed by atoms with Gasteiger partial charge in [0.25, 0.3) is 0 Å². The molecule has 0 bridgehead atoms. The molecule has 1 aliphatic heterocycles. The molecule has 1 aromatic carbocycles. The molecular formula is C18H24N2O6. The molecule has 2 rings (SSSR count). The molecule has 1 heterocycles. The minimum atomic E-state index is -1.13. The SMILES string of the molecule is COCCC(NC(=O)C1CC(=O)N(c2cc(C)ccc2OC)C1)C(=O)O. The largest absolute Gasteiger partial charge is 0.495 e. The Morgan fingerprint density at radius 3 is 2.73 bits per heavy atom. The molecular weight excluding hydrogens is 340 g/mol. The number of hydrogen-bond acceptors (Lipinski definition) is 5. The minimum absolute atomic E-state index is 0.0273. The monoisotopic (exact) mass is 364 g/mol. The molecule has 26 heavy (non-hydrogen) atoms. The van der Waals surface area contributed by atoms with Crippen molar-refractivity contribution < 1.29 is 29.0 Å². The molecule has 2 atom stereocenters. The molecule has 0 aliphatic carbocycles. The number of methoxy groups -OCH3 is 2. The van der Waals surface area contributed by atoms with Gasteiger partial charge in [-0.1, -0.05) is 6.07 Å². The van der Waals surface area contributed by atoms with Crippen molar-refractivity contribution in [3.8, 4) is 5.75 Å². The Balaban J connectivity index is 2.10. The van der Waals surface area contributed by atoms with E-state index in [1.165, 1.54) is 19.1 Å². The number of aliphatic carboxylic acids is 1. The zero-order valence-corrected chi connectivity index (χ0v) is 15.2. The summed E-state index contributed by atoms with van der Waals surface area (Å²) in [6.45, 7) is 2.30. The predicted octanol–water partition coefficient (Wildman–Crippen LogP) is 0.962. The molecule has 0 spiro atoms. The van der Waals surface area contributed by atoms with Crippen LogP contribution in [0.15, 0.2) is 18.2 Å². The van der Waals surface area contributed by atoms with Crippen LogP contribution < -0.4 is 15.0 Å².